The van der Waals surface area contributed by atoms with E-state index in [0.29, 0.717) is 17.4 Å². The molecule has 0 aliphatic carbocycles. The number of rotatable bonds is 4. The monoisotopic (exact) mass is 323 g/mol. The normalized spacial score (nSPS) is 10.1. The van der Waals surface area contributed by atoms with Crippen molar-refractivity contribution in [1.82, 2.24) is 4.98 Å². The van der Waals surface area contributed by atoms with Crippen molar-refractivity contribution in [3.05, 3.63) is 34.8 Å². The van der Waals surface area contributed by atoms with Gasteiger partial charge in [-0.05, 0) is 30.3 Å². The van der Waals surface area contributed by atoms with Crippen LogP contribution in [0.1, 0.15) is 0 Å². The smallest absolute Gasteiger partial charge is 0.238 e. The Bertz CT molecular complexity index is 590. The number of nitrogens with zero attached hydrogens (tertiary/aromatic N) is 1. The third-order valence-electron chi connectivity index (χ3n) is 2.51. The summed E-state index contributed by atoms with van der Waals surface area (Å²) in [5.41, 5.74) is 7.02. The molecule has 0 saturated carbocycles. The largest absolute Gasteiger partial charge is 0.495 e. The first kappa shape index (κ1) is 13.5. The minimum atomic E-state index is 0.388. The lowest BCUT2D eigenvalue weighted by Gasteiger charge is -2.12. The Balaban J connectivity index is 2.33. The molecule has 0 saturated heterocycles. The summed E-state index contributed by atoms with van der Waals surface area (Å²) in [7, 11) is 3.15. The third-order valence-corrected chi connectivity index (χ3v) is 3.00. The second-order valence-corrected chi connectivity index (χ2v) is 4.68. The molecule has 0 aliphatic heterocycles. The van der Waals surface area contributed by atoms with Gasteiger partial charge in [-0.1, -0.05) is 15.9 Å². The number of halogens is 1. The van der Waals surface area contributed by atoms with E-state index < -0.39 is 0 Å². The number of anilines is 3. The van der Waals surface area contributed by atoms with Crippen LogP contribution in [0.3, 0.4) is 0 Å². The van der Waals surface area contributed by atoms with E-state index in [2.05, 4.69) is 26.2 Å². The lowest BCUT2D eigenvalue weighted by atomic mass is 10.3. The van der Waals surface area contributed by atoms with Crippen LogP contribution in [0.15, 0.2) is 34.8 Å². The summed E-state index contributed by atoms with van der Waals surface area (Å²) < 4.78 is 11.3. The molecule has 0 aliphatic rings. The van der Waals surface area contributed by atoms with E-state index in [4.69, 9.17) is 15.2 Å². The van der Waals surface area contributed by atoms with Gasteiger partial charge in [0.2, 0.25) is 5.88 Å². The quantitative estimate of drug-likeness (QED) is 0.904. The summed E-state index contributed by atoms with van der Waals surface area (Å²) in [5.74, 6) is 1.74. The zero-order valence-corrected chi connectivity index (χ0v) is 12.2. The molecule has 2 rings (SSSR count). The zero-order valence-electron chi connectivity index (χ0n) is 10.6. The standard InChI is InChI=1S/C13H14BrN3O2/c1-18-11-5-3-8(14)7-10(11)16-12-6-4-9(15)13(17-12)19-2/h3-7H,15H2,1-2H3,(H,16,17). The van der Waals surface area contributed by atoms with Crippen molar-refractivity contribution in [3.63, 3.8) is 0 Å². The molecule has 100 valence electrons. The van der Waals surface area contributed by atoms with Gasteiger partial charge in [0.1, 0.15) is 11.6 Å². The van der Waals surface area contributed by atoms with Gasteiger partial charge in [0.15, 0.2) is 0 Å². The van der Waals surface area contributed by atoms with Gasteiger partial charge < -0.3 is 20.5 Å². The minimum Gasteiger partial charge on any atom is -0.495 e. The lowest BCUT2D eigenvalue weighted by Crippen LogP contribution is -2.00. The maximum Gasteiger partial charge on any atom is 0.238 e. The van der Waals surface area contributed by atoms with Crippen LogP contribution in [0.4, 0.5) is 17.2 Å². The Morgan fingerprint density at radius 3 is 2.63 bits per heavy atom. The second kappa shape index (κ2) is 5.79. The average molecular weight is 324 g/mol. The third kappa shape index (κ3) is 3.08. The van der Waals surface area contributed by atoms with Crippen molar-refractivity contribution < 1.29 is 9.47 Å². The first-order valence-electron chi connectivity index (χ1n) is 5.55. The molecule has 0 fully saturated rings. The number of pyridine rings is 1. The highest BCUT2D eigenvalue weighted by Crippen LogP contribution is 2.31. The van der Waals surface area contributed by atoms with Gasteiger partial charge in [0.05, 0.1) is 25.6 Å². The first-order valence-corrected chi connectivity index (χ1v) is 6.34. The van der Waals surface area contributed by atoms with Crippen molar-refractivity contribution in [3.8, 4) is 11.6 Å². The fourth-order valence-corrected chi connectivity index (χ4v) is 1.96. The number of benzene rings is 1. The maximum atomic E-state index is 5.73. The molecule has 1 heterocycles. The summed E-state index contributed by atoms with van der Waals surface area (Å²) in [6.45, 7) is 0. The highest BCUT2D eigenvalue weighted by molar-refractivity contribution is 9.10. The zero-order chi connectivity index (χ0) is 13.8. The Labute approximate surface area is 119 Å². The van der Waals surface area contributed by atoms with Crippen molar-refractivity contribution in [1.29, 1.82) is 0 Å². The fraction of sp³-hybridized carbons (Fsp3) is 0.154. The number of hydrogen-bond acceptors (Lipinski definition) is 5. The Morgan fingerprint density at radius 2 is 1.95 bits per heavy atom. The molecule has 1 aromatic carbocycles. The van der Waals surface area contributed by atoms with Crippen LogP contribution in [-0.4, -0.2) is 19.2 Å². The van der Waals surface area contributed by atoms with Gasteiger partial charge in [-0.3, -0.25) is 0 Å². The van der Waals surface area contributed by atoms with E-state index in [1.165, 1.54) is 7.11 Å². The van der Waals surface area contributed by atoms with Gasteiger partial charge in [-0.2, -0.15) is 4.98 Å². The first-order chi connectivity index (χ1) is 9.13. The predicted molar refractivity (Wildman–Crippen MR) is 79.2 cm³/mol. The van der Waals surface area contributed by atoms with Gasteiger partial charge in [0, 0.05) is 4.47 Å². The molecule has 0 spiro atoms. The van der Waals surface area contributed by atoms with E-state index in [-0.39, 0.29) is 0 Å². The molecular weight excluding hydrogens is 310 g/mol. The van der Waals surface area contributed by atoms with E-state index >= 15 is 0 Å². The predicted octanol–water partition coefficient (Wildman–Crippen LogP) is 3.19. The van der Waals surface area contributed by atoms with Crippen molar-refractivity contribution in [2.75, 3.05) is 25.3 Å². The van der Waals surface area contributed by atoms with Crippen LogP contribution < -0.4 is 20.5 Å². The molecule has 0 bridgehead atoms. The van der Waals surface area contributed by atoms with Gasteiger partial charge in [0.25, 0.3) is 0 Å². The van der Waals surface area contributed by atoms with Crippen LogP contribution in [-0.2, 0) is 0 Å². The van der Waals surface area contributed by atoms with Crippen molar-refractivity contribution in [2.24, 2.45) is 0 Å². The number of nitrogens with one attached hydrogen (secondary N) is 1. The van der Waals surface area contributed by atoms with E-state index in [0.717, 1.165) is 15.9 Å². The summed E-state index contributed by atoms with van der Waals surface area (Å²) in [5, 5.41) is 3.16. The van der Waals surface area contributed by atoms with Gasteiger partial charge >= 0.3 is 0 Å². The lowest BCUT2D eigenvalue weighted by molar-refractivity contribution is 0.401. The fourth-order valence-electron chi connectivity index (χ4n) is 1.60. The molecular formula is C13H14BrN3O2. The molecule has 19 heavy (non-hydrogen) atoms. The number of ether oxygens (including phenoxy) is 2. The van der Waals surface area contributed by atoms with Crippen LogP contribution in [0, 0.1) is 0 Å². The number of nitrogen functional groups attached to an aromatic ring is 1. The SMILES string of the molecule is COc1ccc(Br)cc1Nc1ccc(N)c(OC)n1. The number of aromatic nitrogens is 1. The maximum absolute atomic E-state index is 5.73. The minimum absolute atomic E-state index is 0.388. The van der Waals surface area contributed by atoms with Gasteiger partial charge in [-0.15, -0.1) is 0 Å². The molecule has 1 aromatic heterocycles. The van der Waals surface area contributed by atoms with Crippen LogP contribution >= 0.6 is 15.9 Å². The van der Waals surface area contributed by atoms with E-state index in [9.17, 15) is 0 Å². The molecule has 2 aromatic rings. The molecule has 0 amide bonds. The van der Waals surface area contributed by atoms with E-state index in [1.807, 2.05) is 18.2 Å². The number of methoxy groups -OCH3 is 2. The topological polar surface area (TPSA) is 69.4 Å². The van der Waals surface area contributed by atoms with Crippen molar-refractivity contribution >= 4 is 33.1 Å². The average Bonchev–Trinajstić information content (AvgIpc) is 2.41. The van der Waals surface area contributed by atoms with E-state index in [1.54, 1.807) is 19.2 Å². The molecule has 0 atom stereocenters. The molecule has 5 nitrogen and oxygen atoms in total. The molecule has 6 heteroatoms. The second-order valence-electron chi connectivity index (χ2n) is 3.76. The molecule has 3 N–H and O–H groups in total. The number of hydrogen-bond donors (Lipinski definition) is 2. The summed E-state index contributed by atoms with van der Waals surface area (Å²) in [6, 6.07) is 9.18. The Morgan fingerprint density at radius 1 is 1.16 bits per heavy atom. The van der Waals surface area contributed by atoms with Crippen LogP contribution in [0.25, 0.3) is 0 Å². The number of nitrogens with two attached hydrogens (primary N) is 1. The highest BCUT2D eigenvalue weighted by Gasteiger charge is 2.07. The van der Waals surface area contributed by atoms with Crippen LogP contribution in [0.2, 0.25) is 0 Å². The van der Waals surface area contributed by atoms with Crippen LogP contribution in [0.5, 0.6) is 11.6 Å². The van der Waals surface area contributed by atoms with Gasteiger partial charge in [-0.25, -0.2) is 0 Å². The summed E-state index contributed by atoms with van der Waals surface area (Å²) in [4.78, 5) is 4.26. The highest BCUT2D eigenvalue weighted by atomic mass is 79.9. The summed E-state index contributed by atoms with van der Waals surface area (Å²) >= 11 is 3.42. The summed E-state index contributed by atoms with van der Waals surface area (Å²) in [6.07, 6.45) is 0. The molecule has 0 radical (unpaired) electrons. The molecule has 0 unspecified atom stereocenters. The Kier molecular flexibility index (Phi) is 4.11. The Hall–Kier alpha value is -1.95. The van der Waals surface area contributed by atoms with Crippen molar-refractivity contribution in [2.45, 2.75) is 0 Å².